The fraction of sp³-hybridized carbons (Fsp3) is 0.692. The van der Waals surface area contributed by atoms with E-state index in [-0.39, 0.29) is 12.4 Å². The molecule has 0 bridgehead atoms. The van der Waals surface area contributed by atoms with Crippen LogP contribution in [-0.2, 0) is 0 Å². The van der Waals surface area contributed by atoms with Crippen molar-refractivity contribution in [3.05, 3.63) is 23.3 Å². The Bertz CT molecular complexity index is 203. The zero-order chi connectivity index (χ0) is 11.0. The molecule has 0 aliphatic rings. The van der Waals surface area contributed by atoms with Gasteiger partial charge in [-0.2, -0.15) is 0 Å². The SMILES string of the molecule is CCC(N)C/C=C(\C)CCC=C(C)C.Cl. The fourth-order valence-corrected chi connectivity index (χ4v) is 1.21. The van der Waals surface area contributed by atoms with Gasteiger partial charge in [-0.3, -0.25) is 0 Å². The maximum Gasteiger partial charge on any atom is 0.00708 e. The summed E-state index contributed by atoms with van der Waals surface area (Å²) in [6, 6.07) is 0.341. The molecule has 2 N–H and O–H groups in total. The Hall–Kier alpha value is -0.270. The summed E-state index contributed by atoms with van der Waals surface area (Å²) in [5.41, 5.74) is 8.71. The van der Waals surface area contributed by atoms with Gasteiger partial charge in [0.15, 0.2) is 0 Å². The van der Waals surface area contributed by atoms with Crippen LogP contribution in [-0.4, -0.2) is 6.04 Å². The minimum atomic E-state index is 0. The highest BCUT2D eigenvalue weighted by Crippen LogP contribution is 2.08. The Morgan fingerprint density at radius 1 is 1.20 bits per heavy atom. The summed E-state index contributed by atoms with van der Waals surface area (Å²) in [5.74, 6) is 0. The van der Waals surface area contributed by atoms with Gasteiger partial charge in [-0.1, -0.05) is 30.2 Å². The second-order valence-corrected chi connectivity index (χ2v) is 4.27. The average Bonchev–Trinajstić information content (AvgIpc) is 2.13. The molecule has 0 saturated carbocycles. The molecule has 0 radical (unpaired) electrons. The molecule has 15 heavy (non-hydrogen) atoms. The van der Waals surface area contributed by atoms with E-state index in [0.717, 1.165) is 19.3 Å². The molecule has 0 amide bonds. The van der Waals surface area contributed by atoms with Gasteiger partial charge in [0.2, 0.25) is 0 Å². The van der Waals surface area contributed by atoms with Crippen molar-refractivity contribution in [3.8, 4) is 0 Å². The van der Waals surface area contributed by atoms with Crippen LogP contribution in [0.5, 0.6) is 0 Å². The van der Waals surface area contributed by atoms with E-state index in [9.17, 15) is 0 Å². The number of halogens is 1. The Kier molecular flexibility index (Phi) is 11.7. The molecule has 1 atom stereocenters. The monoisotopic (exact) mass is 231 g/mol. The number of allylic oxidation sites excluding steroid dienone is 3. The van der Waals surface area contributed by atoms with Crippen LogP contribution in [0.15, 0.2) is 23.3 Å². The summed E-state index contributed by atoms with van der Waals surface area (Å²) >= 11 is 0. The molecule has 0 aromatic rings. The molecule has 0 aliphatic heterocycles. The first-order chi connectivity index (χ1) is 6.56. The molecule has 0 saturated heterocycles. The predicted octanol–water partition coefficient (Wildman–Crippen LogP) is 4.23. The third-order valence-corrected chi connectivity index (χ3v) is 2.38. The van der Waals surface area contributed by atoms with Crippen LogP contribution in [0, 0.1) is 0 Å². The van der Waals surface area contributed by atoms with Crippen LogP contribution in [0.2, 0.25) is 0 Å². The summed E-state index contributed by atoms with van der Waals surface area (Å²) in [4.78, 5) is 0. The highest BCUT2D eigenvalue weighted by Gasteiger charge is 1.95. The molecular weight excluding hydrogens is 206 g/mol. The largest absolute Gasteiger partial charge is 0.327 e. The zero-order valence-corrected chi connectivity index (χ0v) is 11.4. The van der Waals surface area contributed by atoms with Crippen LogP contribution < -0.4 is 5.73 Å². The molecular formula is C13H26ClN. The second-order valence-electron chi connectivity index (χ2n) is 4.27. The summed E-state index contributed by atoms with van der Waals surface area (Å²) in [7, 11) is 0. The van der Waals surface area contributed by atoms with Gasteiger partial charge in [-0.25, -0.2) is 0 Å². The van der Waals surface area contributed by atoms with Crippen molar-refractivity contribution in [2.24, 2.45) is 5.73 Å². The minimum absolute atomic E-state index is 0. The maximum absolute atomic E-state index is 5.84. The Labute approximate surface area is 101 Å². The second kappa shape index (κ2) is 10.3. The van der Waals surface area contributed by atoms with Gasteiger partial charge < -0.3 is 5.73 Å². The Morgan fingerprint density at radius 2 is 1.80 bits per heavy atom. The molecule has 0 fully saturated rings. The first-order valence-corrected chi connectivity index (χ1v) is 5.60. The van der Waals surface area contributed by atoms with Crippen molar-refractivity contribution in [3.63, 3.8) is 0 Å². The van der Waals surface area contributed by atoms with E-state index in [2.05, 4.69) is 39.8 Å². The normalized spacial score (nSPS) is 13.0. The van der Waals surface area contributed by atoms with Crippen LogP contribution in [0.3, 0.4) is 0 Å². The summed E-state index contributed by atoms with van der Waals surface area (Å²) in [5, 5.41) is 0. The molecule has 90 valence electrons. The minimum Gasteiger partial charge on any atom is -0.327 e. The Balaban J connectivity index is 0. The topological polar surface area (TPSA) is 26.0 Å². The number of hydrogen-bond acceptors (Lipinski definition) is 1. The van der Waals surface area contributed by atoms with Crippen molar-refractivity contribution < 1.29 is 0 Å². The molecule has 0 spiro atoms. The molecule has 0 aromatic heterocycles. The van der Waals surface area contributed by atoms with E-state index in [4.69, 9.17) is 5.73 Å². The first kappa shape index (κ1) is 17.1. The Morgan fingerprint density at radius 3 is 2.27 bits per heavy atom. The highest BCUT2D eigenvalue weighted by molar-refractivity contribution is 5.85. The van der Waals surface area contributed by atoms with Crippen LogP contribution in [0.4, 0.5) is 0 Å². The van der Waals surface area contributed by atoms with Crippen molar-refractivity contribution >= 4 is 12.4 Å². The fourth-order valence-electron chi connectivity index (χ4n) is 1.21. The van der Waals surface area contributed by atoms with Crippen molar-refractivity contribution in [1.82, 2.24) is 0 Å². The van der Waals surface area contributed by atoms with Gasteiger partial charge in [-0.15, -0.1) is 12.4 Å². The third-order valence-electron chi connectivity index (χ3n) is 2.38. The molecule has 0 aromatic carbocycles. The number of hydrogen-bond donors (Lipinski definition) is 1. The van der Waals surface area contributed by atoms with E-state index in [0.29, 0.717) is 6.04 Å². The lowest BCUT2D eigenvalue weighted by Gasteiger charge is -2.05. The van der Waals surface area contributed by atoms with Gasteiger partial charge >= 0.3 is 0 Å². The lowest BCUT2D eigenvalue weighted by atomic mass is 10.1. The molecule has 0 aliphatic carbocycles. The average molecular weight is 232 g/mol. The molecule has 0 heterocycles. The smallest absolute Gasteiger partial charge is 0.00708 e. The number of rotatable bonds is 6. The van der Waals surface area contributed by atoms with Crippen molar-refractivity contribution in [2.45, 2.75) is 59.4 Å². The van der Waals surface area contributed by atoms with E-state index in [1.807, 2.05) is 0 Å². The zero-order valence-electron chi connectivity index (χ0n) is 10.5. The van der Waals surface area contributed by atoms with Crippen LogP contribution in [0.1, 0.15) is 53.4 Å². The molecule has 2 heteroatoms. The van der Waals surface area contributed by atoms with Crippen LogP contribution in [0.25, 0.3) is 0 Å². The van der Waals surface area contributed by atoms with E-state index in [1.54, 1.807) is 0 Å². The van der Waals surface area contributed by atoms with Gasteiger partial charge in [0.25, 0.3) is 0 Å². The lowest BCUT2D eigenvalue weighted by Crippen LogP contribution is -2.17. The van der Waals surface area contributed by atoms with Crippen molar-refractivity contribution in [2.75, 3.05) is 0 Å². The van der Waals surface area contributed by atoms with Crippen LogP contribution >= 0.6 is 12.4 Å². The summed E-state index contributed by atoms with van der Waals surface area (Å²) < 4.78 is 0. The third kappa shape index (κ3) is 11.7. The lowest BCUT2D eigenvalue weighted by molar-refractivity contribution is 0.656. The van der Waals surface area contributed by atoms with E-state index < -0.39 is 0 Å². The molecule has 1 nitrogen and oxygen atoms in total. The molecule has 0 rings (SSSR count). The first-order valence-electron chi connectivity index (χ1n) is 5.60. The maximum atomic E-state index is 5.84. The van der Waals surface area contributed by atoms with Gasteiger partial charge in [0, 0.05) is 6.04 Å². The standard InChI is InChI=1S/C13H25N.ClH/c1-5-13(14)10-9-12(4)8-6-7-11(2)3;/h7,9,13H,5-6,8,10,14H2,1-4H3;1H/b12-9+;. The van der Waals surface area contributed by atoms with Gasteiger partial charge in [-0.05, 0) is 46.5 Å². The highest BCUT2D eigenvalue weighted by atomic mass is 35.5. The van der Waals surface area contributed by atoms with E-state index in [1.165, 1.54) is 17.6 Å². The predicted molar refractivity (Wildman–Crippen MR) is 72.6 cm³/mol. The quantitative estimate of drug-likeness (QED) is 0.681. The molecule has 1 unspecified atom stereocenters. The number of nitrogens with two attached hydrogens (primary N) is 1. The van der Waals surface area contributed by atoms with Crippen molar-refractivity contribution in [1.29, 1.82) is 0 Å². The summed E-state index contributed by atoms with van der Waals surface area (Å²) in [6.45, 7) is 8.62. The van der Waals surface area contributed by atoms with Gasteiger partial charge in [0.05, 0.1) is 0 Å². The van der Waals surface area contributed by atoms with Gasteiger partial charge in [0.1, 0.15) is 0 Å². The van der Waals surface area contributed by atoms with E-state index >= 15 is 0 Å². The summed E-state index contributed by atoms with van der Waals surface area (Å²) in [6.07, 6.45) is 8.99.